The van der Waals surface area contributed by atoms with E-state index in [0.29, 0.717) is 24.2 Å². The second-order valence-corrected chi connectivity index (χ2v) is 7.59. The molecule has 1 fully saturated rings. The van der Waals surface area contributed by atoms with E-state index in [1.54, 1.807) is 6.07 Å². The van der Waals surface area contributed by atoms with Gasteiger partial charge in [-0.15, -0.1) is 0 Å². The highest BCUT2D eigenvalue weighted by Gasteiger charge is 2.35. The van der Waals surface area contributed by atoms with E-state index in [2.05, 4.69) is 4.98 Å². The smallest absolute Gasteiger partial charge is 0.182 e. The molecule has 1 saturated heterocycles. The molecule has 0 saturated carbocycles. The van der Waals surface area contributed by atoms with Crippen molar-refractivity contribution in [3.63, 3.8) is 0 Å². The number of ketones is 1. The van der Waals surface area contributed by atoms with Crippen molar-refractivity contribution in [3.8, 4) is 5.75 Å². The Morgan fingerprint density at radius 3 is 2.75 bits per heavy atom. The third kappa shape index (κ3) is 3.36. The van der Waals surface area contributed by atoms with Crippen molar-refractivity contribution in [3.05, 3.63) is 24.0 Å². The van der Waals surface area contributed by atoms with Gasteiger partial charge in [0.25, 0.3) is 0 Å². The summed E-state index contributed by atoms with van der Waals surface area (Å²) in [4.78, 5) is 16.3. The van der Waals surface area contributed by atoms with Crippen LogP contribution in [0.3, 0.4) is 0 Å². The number of carbonyl (C=O) groups is 1. The van der Waals surface area contributed by atoms with E-state index in [-0.39, 0.29) is 17.6 Å². The number of ether oxygens (including phenoxy) is 1. The fraction of sp³-hybridized carbons (Fsp3) is 0.571. The maximum absolute atomic E-state index is 12.4. The van der Waals surface area contributed by atoms with E-state index in [0.717, 1.165) is 6.42 Å². The van der Waals surface area contributed by atoms with Crippen LogP contribution in [0.15, 0.2) is 18.5 Å². The molecule has 1 aliphatic rings. The summed E-state index contributed by atoms with van der Waals surface area (Å²) in [7, 11) is -3.32. The van der Waals surface area contributed by atoms with Crippen LogP contribution in [0.1, 0.15) is 43.5 Å². The summed E-state index contributed by atoms with van der Waals surface area (Å²) in [6.07, 6.45) is 4.70. The van der Waals surface area contributed by atoms with Gasteiger partial charge in [0.15, 0.2) is 15.6 Å². The van der Waals surface area contributed by atoms with Crippen LogP contribution in [0, 0.1) is 0 Å². The van der Waals surface area contributed by atoms with Crippen LogP contribution in [0.25, 0.3) is 0 Å². The molecule has 5 nitrogen and oxygen atoms in total. The molecule has 0 N–H and O–H groups in total. The Hall–Kier alpha value is -1.43. The van der Waals surface area contributed by atoms with Gasteiger partial charge < -0.3 is 4.74 Å². The van der Waals surface area contributed by atoms with Gasteiger partial charge in [-0.3, -0.25) is 9.78 Å². The first kappa shape index (κ1) is 15.0. The van der Waals surface area contributed by atoms with Crippen molar-refractivity contribution in [1.82, 2.24) is 4.98 Å². The molecular weight excluding hydrogens is 278 g/mol. The standard InChI is InChI=1S/C14H19NO4S/c1-10(2)19-12-7-11(8-15-9-12)14(16)13-5-3-4-6-20(13,17)18/h7-10,13H,3-6H2,1-2H3. The normalized spacial score (nSPS) is 21.6. The summed E-state index contributed by atoms with van der Waals surface area (Å²) in [5.74, 6) is 0.212. The quantitative estimate of drug-likeness (QED) is 0.795. The number of hydrogen-bond acceptors (Lipinski definition) is 5. The van der Waals surface area contributed by atoms with Gasteiger partial charge >= 0.3 is 0 Å². The SMILES string of the molecule is CC(C)Oc1cncc(C(=O)C2CCCCS2(=O)=O)c1. The summed E-state index contributed by atoms with van der Waals surface area (Å²) in [5, 5.41) is -0.924. The van der Waals surface area contributed by atoms with E-state index in [4.69, 9.17) is 4.74 Å². The van der Waals surface area contributed by atoms with Crippen molar-refractivity contribution in [2.24, 2.45) is 0 Å². The molecule has 0 aromatic carbocycles. The van der Waals surface area contributed by atoms with Gasteiger partial charge in [0.2, 0.25) is 0 Å². The number of sulfone groups is 1. The second-order valence-electron chi connectivity index (χ2n) is 5.29. The maximum Gasteiger partial charge on any atom is 0.182 e. The first-order chi connectivity index (χ1) is 9.40. The predicted molar refractivity (Wildman–Crippen MR) is 75.8 cm³/mol. The molecule has 1 atom stereocenters. The molecule has 2 heterocycles. The van der Waals surface area contributed by atoms with Crippen LogP contribution in [0.5, 0.6) is 5.75 Å². The lowest BCUT2D eigenvalue weighted by Crippen LogP contribution is -2.35. The van der Waals surface area contributed by atoms with Gasteiger partial charge in [-0.2, -0.15) is 0 Å². The van der Waals surface area contributed by atoms with Crippen molar-refractivity contribution in [1.29, 1.82) is 0 Å². The molecule has 0 radical (unpaired) electrons. The molecule has 0 spiro atoms. The fourth-order valence-electron chi connectivity index (χ4n) is 2.33. The zero-order valence-electron chi connectivity index (χ0n) is 11.7. The highest BCUT2D eigenvalue weighted by Crippen LogP contribution is 2.24. The highest BCUT2D eigenvalue weighted by molar-refractivity contribution is 7.92. The third-order valence-electron chi connectivity index (χ3n) is 3.24. The van der Waals surface area contributed by atoms with E-state index in [1.807, 2.05) is 13.8 Å². The van der Waals surface area contributed by atoms with E-state index >= 15 is 0 Å². The summed E-state index contributed by atoms with van der Waals surface area (Å²) < 4.78 is 29.5. The molecule has 1 unspecified atom stereocenters. The molecule has 1 aromatic heterocycles. The number of Topliss-reactive ketones (excluding diaryl/α,β-unsaturated/α-hetero) is 1. The molecule has 1 aromatic rings. The van der Waals surface area contributed by atoms with Crippen LogP contribution < -0.4 is 4.74 Å². The number of nitrogens with zero attached hydrogens (tertiary/aromatic N) is 1. The van der Waals surface area contributed by atoms with Crippen molar-refractivity contribution < 1.29 is 17.9 Å². The average molecular weight is 297 g/mol. The van der Waals surface area contributed by atoms with Gasteiger partial charge in [-0.05, 0) is 32.8 Å². The van der Waals surface area contributed by atoms with Gasteiger partial charge in [-0.25, -0.2) is 8.42 Å². The van der Waals surface area contributed by atoms with Crippen LogP contribution in [-0.4, -0.2) is 36.3 Å². The molecule has 6 heteroatoms. The van der Waals surface area contributed by atoms with Crippen molar-refractivity contribution in [2.75, 3.05) is 5.75 Å². The van der Waals surface area contributed by atoms with Crippen LogP contribution >= 0.6 is 0 Å². The van der Waals surface area contributed by atoms with E-state index in [1.165, 1.54) is 12.4 Å². The number of aromatic nitrogens is 1. The molecule has 110 valence electrons. The first-order valence-corrected chi connectivity index (χ1v) is 8.49. The number of rotatable bonds is 4. The molecule has 1 aliphatic heterocycles. The van der Waals surface area contributed by atoms with Crippen molar-refractivity contribution >= 4 is 15.6 Å². The van der Waals surface area contributed by atoms with Crippen LogP contribution in [0.4, 0.5) is 0 Å². The maximum atomic E-state index is 12.4. The molecule has 0 amide bonds. The third-order valence-corrected chi connectivity index (χ3v) is 5.42. The Morgan fingerprint density at radius 1 is 1.35 bits per heavy atom. The largest absolute Gasteiger partial charge is 0.489 e. The summed E-state index contributed by atoms with van der Waals surface area (Å²) in [6.45, 7) is 3.75. The Bertz CT molecular complexity index is 595. The first-order valence-electron chi connectivity index (χ1n) is 6.77. The molecular formula is C14H19NO4S. The minimum atomic E-state index is -3.32. The lowest BCUT2D eigenvalue weighted by molar-refractivity contribution is 0.0980. The summed E-state index contributed by atoms with van der Waals surface area (Å²) >= 11 is 0. The number of pyridine rings is 1. The fourth-order valence-corrected chi connectivity index (χ4v) is 4.20. The molecule has 2 rings (SSSR count). The van der Waals surface area contributed by atoms with Gasteiger partial charge in [0, 0.05) is 11.8 Å². The zero-order valence-corrected chi connectivity index (χ0v) is 12.5. The van der Waals surface area contributed by atoms with Gasteiger partial charge in [0.1, 0.15) is 11.0 Å². The minimum absolute atomic E-state index is 0.0273. The molecule has 0 aliphatic carbocycles. The Morgan fingerprint density at radius 2 is 2.10 bits per heavy atom. The van der Waals surface area contributed by atoms with E-state index < -0.39 is 15.1 Å². The van der Waals surface area contributed by atoms with Gasteiger partial charge in [0.05, 0.1) is 18.1 Å². The second kappa shape index (κ2) is 5.91. The molecule has 0 bridgehead atoms. The monoisotopic (exact) mass is 297 g/mol. The topological polar surface area (TPSA) is 73.3 Å². The highest BCUT2D eigenvalue weighted by atomic mass is 32.2. The minimum Gasteiger partial charge on any atom is -0.489 e. The Labute approximate surface area is 119 Å². The molecule has 20 heavy (non-hydrogen) atoms. The van der Waals surface area contributed by atoms with Gasteiger partial charge in [-0.1, -0.05) is 6.42 Å². The lowest BCUT2D eigenvalue weighted by atomic mass is 10.1. The lowest BCUT2D eigenvalue weighted by Gasteiger charge is -2.21. The number of carbonyl (C=O) groups excluding carboxylic acids is 1. The van der Waals surface area contributed by atoms with Crippen LogP contribution in [-0.2, 0) is 9.84 Å². The number of hydrogen-bond donors (Lipinski definition) is 0. The van der Waals surface area contributed by atoms with Crippen molar-refractivity contribution in [2.45, 2.75) is 44.5 Å². The Balaban J connectivity index is 2.24. The predicted octanol–water partition coefficient (Wildman–Crippen LogP) is 2.02. The van der Waals surface area contributed by atoms with E-state index in [9.17, 15) is 13.2 Å². The Kier molecular flexibility index (Phi) is 4.42. The average Bonchev–Trinajstić information content (AvgIpc) is 2.37. The summed E-state index contributed by atoms with van der Waals surface area (Å²) in [6, 6.07) is 1.57. The van der Waals surface area contributed by atoms with Crippen LogP contribution in [0.2, 0.25) is 0 Å². The zero-order chi connectivity index (χ0) is 14.8. The summed E-state index contributed by atoms with van der Waals surface area (Å²) in [5.41, 5.74) is 0.304.